The number of anilines is 2. The van der Waals surface area contributed by atoms with Gasteiger partial charge in [-0.05, 0) is 195 Å². The van der Waals surface area contributed by atoms with Gasteiger partial charge in [0.2, 0.25) is 23.6 Å². The van der Waals surface area contributed by atoms with Crippen LogP contribution in [0.5, 0.6) is 0 Å². The summed E-state index contributed by atoms with van der Waals surface area (Å²) in [4.78, 5) is 28.9. The number of methoxy groups -OCH3 is 4. The van der Waals surface area contributed by atoms with E-state index in [2.05, 4.69) is 208 Å². The van der Waals surface area contributed by atoms with Gasteiger partial charge < -0.3 is 68.7 Å². The molecule has 0 unspecified atom stereocenters. The van der Waals surface area contributed by atoms with Crippen LogP contribution in [0.2, 0.25) is 0 Å². The molecule has 5 N–H and O–H groups in total. The second kappa shape index (κ2) is 46.4. The molecule has 3 atom stereocenters. The van der Waals surface area contributed by atoms with E-state index in [1.165, 1.54) is 81.3 Å². The Labute approximate surface area is 726 Å². The molecule has 9 aliphatic heterocycles. The molecule has 19 nitrogen and oxygen atoms in total. The predicted octanol–water partition coefficient (Wildman–Crippen LogP) is 19.2. The molecular formula is C85H100Br8N6O13. The molecule has 0 radical (unpaired) electrons. The summed E-state index contributed by atoms with van der Waals surface area (Å²) in [5.74, 6) is 3.43. The topological polar surface area (TPSA) is 240 Å². The standard InChI is InChI=1S/C19H25BrN2O3.C10H10Br2O.C10H11BrO2.C10H9BrO2.C9H8Br2O.C9H10BrNO.C9H16N2O2.C9H11NO/c1-11(2)17-19(24-4)21-16(18(22-17)23-3)9-12-5-6-15(20)13-7-8-25-10-14(12)13;11-5-7-1-2-10(12)8-3-4-13-6-9(7)8;2*11-10-2-1-7(5-12)9-6-13-4-3-8(9)10;2*10-8-1-2-9(11)7-5-12-4-3-6(7)8;1-6(2)8-9(13-4)10-5-7(11-8)12-3;10-9-3-1-2-7-4-5-11-6-8(7)9/h5-6,11,16-17H,7-10H2,1-4H3;1-2H,3-6H2;1-2,12H,3-6H2;1-2,5H,3-4,6H2;1-2H,3-5H2;1-2H,3-5,11H2;6,8H,5H2,1-4H3;1-3H,4-6,10H2/t16-,17+;;;;;;8-;/m0.....1./s1. The first-order chi connectivity index (χ1) is 54.2. The van der Waals surface area contributed by atoms with E-state index in [1.807, 2.05) is 48.5 Å². The van der Waals surface area contributed by atoms with Gasteiger partial charge >= 0.3 is 0 Å². The van der Waals surface area contributed by atoms with Crippen LogP contribution in [0.3, 0.4) is 0 Å². The maximum absolute atomic E-state index is 10.7. The quantitative estimate of drug-likeness (QED) is 0.0764. The average Bonchev–Trinajstić information content (AvgIpc) is 0.786. The van der Waals surface area contributed by atoms with Crippen molar-refractivity contribution in [1.29, 1.82) is 0 Å². The van der Waals surface area contributed by atoms with Crippen LogP contribution in [-0.4, -0.2) is 134 Å². The van der Waals surface area contributed by atoms with Crippen molar-refractivity contribution in [2.24, 2.45) is 31.8 Å². The number of rotatable bonds is 7. The van der Waals surface area contributed by atoms with Crippen LogP contribution < -0.4 is 11.5 Å². The number of carbonyl (C=O) groups excluding carboxylic acids is 1. The summed E-state index contributed by atoms with van der Waals surface area (Å²) >= 11 is 28.3. The van der Waals surface area contributed by atoms with Gasteiger partial charge in [0.05, 0.1) is 128 Å². The van der Waals surface area contributed by atoms with Crippen molar-refractivity contribution in [3.8, 4) is 0 Å². The molecule has 0 aromatic heterocycles. The van der Waals surface area contributed by atoms with Crippen molar-refractivity contribution in [2.75, 3.05) is 92.7 Å². The van der Waals surface area contributed by atoms with E-state index in [-0.39, 0.29) is 24.7 Å². The molecule has 0 amide bonds. The number of halogens is 8. The highest BCUT2D eigenvalue weighted by Gasteiger charge is 2.33. The number of aldehydes is 1. The van der Waals surface area contributed by atoms with Crippen molar-refractivity contribution < 1.29 is 62.0 Å². The van der Waals surface area contributed by atoms with Crippen LogP contribution in [0.25, 0.3) is 0 Å². The number of nitrogen functional groups attached to an aromatic ring is 2. The lowest BCUT2D eigenvalue weighted by molar-refractivity contribution is 0.105. The normalized spacial score (nSPS) is 18.0. The zero-order valence-electron chi connectivity index (χ0n) is 64.6. The van der Waals surface area contributed by atoms with Gasteiger partial charge in [-0.3, -0.25) is 4.79 Å². The number of fused-ring (bicyclic) bond motifs is 7. The van der Waals surface area contributed by atoms with Gasteiger partial charge in [0, 0.05) is 71.1 Å². The van der Waals surface area contributed by atoms with E-state index in [0.717, 1.165) is 184 Å². The van der Waals surface area contributed by atoms with E-state index >= 15 is 0 Å². The molecule has 9 heterocycles. The van der Waals surface area contributed by atoms with E-state index in [1.54, 1.807) is 28.4 Å². The zero-order chi connectivity index (χ0) is 80.4. The fourth-order valence-corrected chi connectivity index (χ4v) is 18.2. The number of nitrogens with zero attached hydrogens (tertiary/aromatic N) is 4. The smallest absolute Gasteiger partial charge is 0.209 e. The van der Waals surface area contributed by atoms with Crippen molar-refractivity contribution >= 4 is 169 Å². The maximum atomic E-state index is 10.7. The van der Waals surface area contributed by atoms with Crippen molar-refractivity contribution in [1.82, 2.24) is 0 Å². The van der Waals surface area contributed by atoms with Crippen LogP contribution in [0.4, 0.5) is 11.4 Å². The first-order valence-corrected chi connectivity index (χ1v) is 44.0. The third-order valence-electron chi connectivity index (χ3n) is 20.1. The Kier molecular flexibility index (Phi) is 37.7. The summed E-state index contributed by atoms with van der Waals surface area (Å²) in [7, 11) is 6.57. The minimum absolute atomic E-state index is 0.00806. The molecule has 0 bridgehead atoms. The molecule has 7 aromatic carbocycles. The van der Waals surface area contributed by atoms with Gasteiger partial charge in [0.15, 0.2) is 0 Å². The lowest BCUT2D eigenvalue weighted by atomic mass is 9.93. The number of nitrogens with two attached hydrogens (primary N) is 2. The Hall–Kier alpha value is -4.79. The molecule has 27 heteroatoms. The van der Waals surface area contributed by atoms with Crippen LogP contribution in [-0.2, 0) is 162 Å². The lowest BCUT2D eigenvalue weighted by Gasteiger charge is -2.28. The maximum Gasteiger partial charge on any atom is 0.209 e. The highest BCUT2D eigenvalue weighted by Crippen LogP contribution is 2.36. The van der Waals surface area contributed by atoms with E-state index < -0.39 is 0 Å². The number of ether oxygens (including phenoxy) is 11. The monoisotopic (exact) mass is 2040 g/mol. The predicted molar refractivity (Wildman–Crippen MR) is 473 cm³/mol. The molecule has 7 aromatic rings. The summed E-state index contributed by atoms with van der Waals surface area (Å²) in [5.41, 5.74) is 35.3. The fraction of sp³-hybridized carbons (Fsp3) is 0.447. The third kappa shape index (κ3) is 24.7. The number of hydrogen-bond donors (Lipinski definition) is 3. The van der Waals surface area contributed by atoms with Crippen LogP contribution in [0.1, 0.15) is 133 Å². The van der Waals surface area contributed by atoms with Gasteiger partial charge in [-0.25, -0.2) is 20.0 Å². The number of hydrogen-bond acceptors (Lipinski definition) is 19. The number of alkyl halides is 1. The second-order valence-corrected chi connectivity index (χ2v) is 34.2. The Morgan fingerprint density at radius 1 is 0.420 bits per heavy atom. The molecule has 112 heavy (non-hydrogen) atoms. The molecule has 0 aliphatic carbocycles. The molecule has 0 spiro atoms. The summed E-state index contributed by atoms with van der Waals surface area (Å²) in [5, 5.41) is 10.0. The van der Waals surface area contributed by atoms with Crippen molar-refractivity contribution in [2.45, 2.75) is 155 Å². The summed E-state index contributed by atoms with van der Waals surface area (Å²) in [6.45, 7) is 19.2. The van der Waals surface area contributed by atoms with E-state index in [9.17, 15) is 4.79 Å². The molecule has 0 saturated heterocycles. The Balaban J connectivity index is 0.000000149. The first kappa shape index (κ1) is 91.1. The SMILES string of the molecule is BrCc1ccc(Br)c2c1COCC2.Brc1ccc(Br)c2c1CCOC2.COC1=N[C@H](C(C)C)C(OC)=NC1.COC1=N[C@H](C(C)C)C(OC)=N[C@H]1Cc1ccc(Br)c2c1COCC2.Nc1ccc(Br)c2c1COCC2.Nc1cccc2c1COCC2.O=Cc1ccc(Br)c2c1COCC2.OCc1ccc(Br)c2c1COCC2. The van der Waals surface area contributed by atoms with Crippen molar-refractivity contribution in [3.63, 3.8) is 0 Å². The number of aliphatic hydroxyl groups is 1. The van der Waals surface area contributed by atoms with Gasteiger partial charge in [-0.15, -0.1) is 0 Å². The fourth-order valence-electron chi connectivity index (χ4n) is 13.8. The number of carbonyl (C=O) groups is 1. The Bertz CT molecular complexity index is 4270. The van der Waals surface area contributed by atoms with Crippen LogP contribution >= 0.6 is 127 Å². The summed E-state index contributed by atoms with van der Waals surface area (Å²) in [6.07, 6.45) is 8.36. The highest BCUT2D eigenvalue weighted by atomic mass is 79.9. The third-order valence-corrected chi connectivity index (χ3v) is 25.9. The van der Waals surface area contributed by atoms with Crippen molar-refractivity contribution in [3.05, 3.63) is 222 Å². The van der Waals surface area contributed by atoms with Crippen LogP contribution in [0.15, 0.2) is 142 Å². The minimum Gasteiger partial charge on any atom is -0.483 e. The van der Waals surface area contributed by atoms with Gasteiger partial charge in [0.25, 0.3) is 0 Å². The Morgan fingerprint density at radius 3 is 1.27 bits per heavy atom. The first-order valence-electron chi connectivity index (χ1n) is 37.3. The molecule has 604 valence electrons. The number of aliphatic hydroxyl groups excluding tert-OH is 1. The lowest BCUT2D eigenvalue weighted by Crippen LogP contribution is -2.38. The molecule has 0 saturated carbocycles. The second-order valence-electron chi connectivity index (χ2n) is 27.7. The van der Waals surface area contributed by atoms with Crippen LogP contribution in [0, 0.1) is 11.8 Å². The molecule has 16 rings (SSSR count). The largest absolute Gasteiger partial charge is 0.483 e. The summed E-state index contributed by atoms with van der Waals surface area (Å²) in [6, 6.07) is 30.1. The van der Waals surface area contributed by atoms with Gasteiger partial charge in [-0.1, -0.05) is 192 Å². The molecular weight excluding hydrogens is 1950 g/mol. The highest BCUT2D eigenvalue weighted by molar-refractivity contribution is 9.11. The molecule has 0 fully saturated rings. The minimum atomic E-state index is -0.165. The van der Waals surface area contributed by atoms with E-state index in [0.29, 0.717) is 75.0 Å². The number of aliphatic imine (C=N–C) groups is 4. The zero-order valence-corrected chi connectivity index (χ0v) is 77.3. The van der Waals surface area contributed by atoms with Gasteiger partial charge in [0.1, 0.15) is 31.0 Å². The van der Waals surface area contributed by atoms with E-state index in [4.69, 9.17) is 78.7 Å². The number of benzene rings is 7. The molecule has 9 aliphatic rings. The van der Waals surface area contributed by atoms with Gasteiger partial charge in [-0.2, -0.15) is 0 Å². The average molecular weight is 2050 g/mol. The Morgan fingerprint density at radius 2 is 0.804 bits per heavy atom. The summed E-state index contributed by atoms with van der Waals surface area (Å²) < 4.78 is 67.2.